The Morgan fingerprint density at radius 1 is 1.38 bits per heavy atom. The molecule has 2 heterocycles. The predicted molar refractivity (Wildman–Crippen MR) is 94.6 cm³/mol. The SMILES string of the molecule is C=CCNS(=O)(=O)c1cccc(C(=O)N2CCc3sccc3C2)c1. The van der Waals surface area contributed by atoms with Gasteiger partial charge in [0.15, 0.2) is 0 Å². The average Bonchev–Trinajstić information content (AvgIpc) is 3.07. The molecule has 1 aromatic heterocycles. The molecule has 0 bridgehead atoms. The van der Waals surface area contributed by atoms with Gasteiger partial charge in [-0.15, -0.1) is 17.9 Å². The van der Waals surface area contributed by atoms with E-state index in [4.69, 9.17) is 0 Å². The van der Waals surface area contributed by atoms with Gasteiger partial charge in [-0.1, -0.05) is 12.1 Å². The van der Waals surface area contributed by atoms with Gasteiger partial charge >= 0.3 is 0 Å². The van der Waals surface area contributed by atoms with Crippen molar-refractivity contribution < 1.29 is 13.2 Å². The first-order valence-corrected chi connectivity index (χ1v) is 9.92. The van der Waals surface area contributed by atoms with E-state index in [-0.39, 0.29) is 17.3 Å². The van der Waals surface area contributed by atoms with Crippen molar-refractivity contribution in [1.29, 1.82) is 0 Å². The monoisotopic (exact) mass is 362 g/mol. The number of carbonyl (C=O) groups excluding carboxylic acids is 1. The second-order valence-corrected chi connectivity index (χ2v) is 8.28. The molecule has 1 aliphatic heterocycles. The number of hydrogen-bond donors (Lipinski definition) is 1. The molecule has 1 aliphatic rings. The van der Waals surface area contributed by atoms with Gasteiger partial charge in [-0.25, -0.2) is 13.1 Å². The van der Waals surface area contributed by atoms with Gasteiger partial charge < -0.3 is 4.90 Å². The van der Waals surface area contributed by atoms with E-state index in [2.05, 4.69) is 11.3 Å². The summed E-state index contributed by atoms with van der Waals surface area (Å²) in [6.07, 6.45) is 2.32. The van der Waals surface area contributed by atoms with Crippen molar-refractivity contribution in [2.75, 3.05) is 13.1 Å². The molecule has 1 amide bonds. The smallest absolute Gasteiger partial charge is 0.254 e. The lowest BCUT2D eigenvalue weighted by molar-refractivity contribution is 0.0735. The van der Waals surface area contributed by atoms with E-state index >= 15 is 0 Å². The van der Waals surface area contributed by atoms with Crippen LogP contribution in [0.25, 0.3) is 0 Å². The zero-order valence-corrected chi connectivity index (χ0v) is 14.7. The van der Waals surface area contributed by atoms with Gasteiger partial charge in [0.25, 0.3) is 5.91 Å². The van der Waals surface area contributed by atoms with Crippen molar-refractivity contribution in [1.82, 2.24) is 9.62 Å². The molecule has 0 saturated carbocycles. The molecule has 1 N–H and O–H groups in total. The Balaban J connectivity index is 1.81. The van der Waals surface area contributed by atoms with Crippen LogP contribution in [-0.2, 0) is 23.0 Å². The van der Waals surface area contributed by atoms with E-state index in [9.17, 15) is 13.2 Å². The number of amides is 1. The Morgan fingerprint density at radius 3 is 3.00 bits per heavy atom. The molecule has 126 valence electrons. The zero-order valence-electron chi connectivity index (χ0n) is 13.1. The molecule has 24 heavy (non-hydrogen) atoms. The maximum absolute atomic E-state index is 12.7. The highest BCUT2D eigenvalue weighted by Gasteiger charge is 2.23. The van der Waals surface area contributed by atoms with E-state index in [0.29, 0.717) is 18.7 Å². The number of benzene rings is 1. The Kier molecular flexibility index (Phi) is 4.84. The summed E-state index contributed by atoms with van der Waals surface area (Å²) in [5.74, 6) is -0.146. The predicted octanol–water partition coefficient (Wildman–Crippen LogP) is 2.41. The van der Waals surface area contributed by atoms with Gasteiger partial charge in [-0.05, 0) is 41.6 Å². The first-order valence-electron chi connectivity index (χ1n) is 7.56. The highest BCUT2D eigenvalue weighted by molar-refractivity contribution is 7.89. The average molecular weight is 362 g/mol. The second kappa shape index (κ2) is 6.88. The van der Waals surface area contributed by atoms with Crippen LogP contribution in [0.1, 0.15) is 20.8 Å². The third-order valence-corrected chi connectivity index (χ3v) is 6.35. The zero-order chi connectivity index (χ0) is 17.2. The molecule has 0 aliphatic carbocycles. The maximum Gasteiger partial charge on any atom is 0.254 e. The van der Waals surface area contributed by atoms with Crippen LogP contribution in [0.2, 0.25) is 0 Å². The number of rotatable bonds is 5. The number of thiophene rings is 1. The maximum atomic E-state index is 12.7. The molecule has 0 saturated heterocycles. The summed E-state index contributed by atoms with van der Waals surface area (Å²) in [5, 5.41) is 2.04. The molecule has 0 atom stereocenters. The first-order chi connectivity index (χ1) is 11.5. The molecule has 0 fully saturated rings. The number of carbonyl (C=O) groups is 1. The summed E-state index contributed by atoms with van der Waals surface area (Å²) < 4.78 is 26.8. The summed E-state index contributed by atoms with van der Waals surface area (Å²) in [5.41, 5.74) is 1.56. The standard InChI is InChI=1S/C17H18N2O3S2/c1-2-8-18-24(21,22)15-5-3-4-13(11-15)17(20)19-9-6-16-14(12-19)7-10-23-16/h2-5,7,10-11,18H,1,6,8-9,12H2. The van der Waals surface area contributed by atoms with Gasteiger partial charge in [-0.2, -0.15) is 0 Å². The highest BCUT2D eigenvalue weighted by Crippen LogP contribution is 2.25. The molecule has 0 unspecified atom stereocenters. The summed E-state index contributed by atoms with van der Waals surface area (Å²) in [7, 11) is -3.64. The Labute approximate surface area is 145 Å². The van der Waals surface area contributed by atoms with Crippen molar-refractivity contribution >= 4 is 27.3 Å². The van der Waals surface area contributed by atoms with Crippen molar-refractivity contribution in [2.24, 2.45) is 0 Å². The van der Waals surface area contributed by atoms with Crippen LogP contribution in [0.4, 0.5) is 0 Å². The Bertz CT molecular complexity index is 871. The fraction of sp³-hybridized carbons (Fsp3) is 0.235. The molecule has 2 aromatic rings. The van der Waals surface area contributed by atoms with E-state index in [0.717, 1.165) is 6.42 Å². The van der Waals surface area contributed by atoms with Gasteiger partial charge in [0.1, 0.15) is 0 Å². The molecule has 5 nitrogen and oxygen atoms in total. The van der Waals surface area contributed by atoms with E-state index in [1.165, 1.54) is 28.6 Å². The molecule has 1 aromatic carbocycles. The van der Waals surface area contributed by atoms with Crippen molar-refractivity contribution in [3.8, 4) is 0 Å². The third kappa shape index (κ3) is 3.43. The quantitative estimate of drug-likeness (QED) is 0.831. The second-order valence-electron chi connectivity index (χ2n) is 5.51. The number of hydrogen-bond acceptors (Lipinski definition) is 4. The van der Waals surface area contributed by atoms with Crippen LogP contribution in [-0.4, -0.2) is 32.3 Å². The molecular weight excluding hydrogens is 344 g/mol. The van der Waals surface area contributed by atoms with E-state index < -0.39 is 10.0 Å². The summed E-state index contributed by atoms with van der Waals surface area (Å²) in [6, 6.07) is 8.19. The molecule has 0 spiro atoms. The van der Waals surface area contributed by atoms with Gasteiger partial charge in [0, 0.05) is 30.1 Å². The lowest BCUT2D eigenvalue weighted by atomic mass is 10.1. The van der Waals surface area contributed by atoms with Crippen LogP contribution in [0.3, 0.4) is 0 Å². The minimum absolute atomic E-state index is 0.0865. The van der Waals surface area contributed by atoms with Crippen LogP contribution < -0.4 is 4.72 Å². The minimum atomic E-state index is -3.64. The number of fused-ring (bicyclic) bond motifs is 1. The fourth-order valence-corrected chi connectivity index (χ4v) is 4.59. The highest BCUT2D eigenvalue weighted by atomic mass is 32.2. The topological polar surface area (TPSA) is 66.5 Å². The number of nitrogens with zero attached hydrogens (tertiary/aromatic N) is 1. The summed E-state index contributed by atoms with van der Waals surface area (Å²) in [6.45, 7) is 4.86. The van der Waals surface area contributed by atoms with Crippen LogP contribution in [0.15, 0.2) is 53.3 Å². The number of nitrogens with one attached hydrogen (secondary N) is 1. The largest absolute Gasteiger partial charge is 0.334 e. The summed E-state index contributed by atoms with van der Waals surface area (Å²) >= 11 is 1.71. The molecule has 3 rings (SSSR count). The van der Waals surface area contributed by atoms with Crippen LogP contribution in [0.5, 0.6) is 0 Å². The molecule has 0 radical (unpaired) electrons. The van der Waals surface area contributed by atoms with E-state index in [1.54, 1.807) is 28.4 Å². The van der Waals surface area contributed by atoms with Crippen LogP contribution in [0, 0.1) is 0 Å². The van der Waals surface area contributed by atoms with E-state index in [1.807, 2.05) is 11.4 Å². The fourth-order valence-electron chi connectivity index (χ4n) is 2.65. The van der Waals surface area contributed by atoms with Crippen molar-refractivity contribution in [2.45, 2.75) is 17.9 Å². The lowest BCUT2D eigenvalue weighted by Crippen LogP contribution is -2.35. The van der Waals surface area contributed by atoms with Gasteiger partial charge in [-0.3, -0.25) is 4.79 Å². The van der Waals surface area contributed by atoms with Crippen molar-refractivity contribution in [3.63, 3.8) is 0 Å². The third-order valence-electron chi connectivity index (χ3n) is 3.90. The molecular formula is C17H18N2O3S2. The summed E-state index contributed by atoms with van der Waals surface area (Å²) in [4.78, 5) is 15.9. The lowest BCUT2D eigenvalue weighted by Gasteiger charge is -2.27. The van der Waals surface area contributed by atoms with Gasteiger partial charge in [0.2, 0.25) is 10.0 Å². The van der Waals surface area contributed by atoms with Crippen LogP contribution >= 0.6 is 11.3 Å². The minimum Gasteiger partial charge on any atom is -0.334 e. The normalized spacial score (nSPS) is 14.2. The number of sulfonamides is 1. The van der Waals surface area contributed by atoms with Crippen molar-refractivity contribution in [3.05, 3.63) is 64.4 Å². The Hall–Kier alpha value is -1.96. The van der Waals surface area contributed by atoms with Gasteiger partial charge in [0.05, 0.1) is 4.90 Å². The Morgan fingerprint density at radius 2 is 2.21 bits per heavy atom. The molecule has 7 heteroatoms. The first kappa shape index (κ1) is 16.9.